The van der Waals surface area contributed by atoms with Crippen molar-refractivity contribution in [2.45, 2.75) is 58.8 Å². The second-order valence-electron chi connectivity index (χ2n) is 9.27. The normalized spacial score (nSPS) is 11.2. The van der Waals surface area contributed by atoms with Gasteiger partial charge in [-0.2, -0.15) is 0 Å². The topological polar surface area (TPSA) is 39.4 Å². The predicted molar refractivity (Wildman–Crippen MR) is 141 cm³/mol. The summed E-state index contributed by atoms with van der Waals surface area (Å²) in [5, 5.41) is 0.220. The number of unbranched alkanes of at least 4 members (excludes halogenated alkanes) is 6. The number of halogens is 2. The smallest absolute Gasteiger partial charge is 0.347 e. The van der Waals surface area contributed by atoms with Gasteiger partial charge in [0.1, 0.15) is 17.0 Å². The number of aryl methyl sites for hydroxylation is 1. The Bertz CT molecular complexity index is 1370. The van der Waals surface area contributed by atoms with Crippen molar-refractivity contribution in [3.05, 3.63) is 88.3 Å². The first-order chi connectivity index (χ1) is 17.5. The van der Waals surface area contributed by atoms with Crippen LogP contribution in [0, 0.1) is 18.6 Å². The average molecular weight is 491 g/mol. The van der Waals surface area contributed by atoms with Gasteiger partial charge in [-0.1, -0.05) is 93.5 Å². The van der Waals surface area contributed by atoms with E-state index in [2.05, 4.69) is 6.92 Å². The van der Waals surface area contributed by atoms with Crippen LogP contribution < -0.4 is 10.4 Å². The van der Waals surface area contributed by atoms with Crippen LogP contribution in [0.1, 0.15) is 57.4 Å². The molecule has 4 aromatic rings. The monoisotopic (exact) mass is 490 g/mol. The fourth-order valence-corrected chi connectivity index (χ4v) is 4.35. The maximum atomic E-state index is 15.1. The number of rotatable bonds is 11. The number of fused-ring (bicyclic) bond motifs is 1. The summed E-state index contributed by atoms with van der Waals surface area (Å²) in [5.41, 5.74) is 1.89. The van der Waals surface area contributed by atoms with Gasteiger partial charge in [-0.15, -0.1) is 0 Å². The highest BCUT2D eigenvalue weighted by Crippen LogP contribution is 2.31. The van der Waals surface area contributed by atoms with E-state index in [0.29, 0.717) is 23.1 Å². The van der Waals surface area contributed by atoms with Gasteiger partial charge in [-0.3, -0.25) is 0 Å². The summed E-state index contributed by atoms with van der Waals surface area (Å²) < 4.78 is 41.0. The Hall–Kier alpha value is -3.47. The molecule has 4 rings (SSSR count). The zero-order valence-electron chi connectivity index (χ0n) is 20.9. The quantitative estimate of drug-likeness (QED) is 0.197. The van der Waals surface area contributed by atoms with Crippen LogP contribution in [-0.2, 0) is 0 Å². The third kappa shape index (κ3) is 6.01. The van der Waals surface area contributed by atoms with Crippen molar-refractivity contribution in [1.82, 2.24) is 0 Å². The highest BCUT2D eigenvalue weighted by atomic mass is 19.1. The minimum Gasteiger partial charge on any atom is -0.490 e. The van der Waals surface area contributed by atoms with Crippen molar-refractivity contribution < 1.29 is 17.9 Å². The molecule has 1 heterocycles. The molecule has 0 unspecified atom stereocenters. The molecule has 5 heteroatoms. The molecule has 188 valence electrons. The molecular weight excluding hydrogens is 458 g/mol. The summed E-state index contributed by atoms with van der Waals surface area (Å²) in [6.07, 6.45) is 7.94. The Morgan fingerprint density at radius 3 is 2.22 bits per heavy atom. The first kappa shape index (κ1) is 25.6. The lowest BCUT2D eigenvalue weighted by Gasteiger charge is -2.10. The fourth-order valence-electron chi connectivity index (χ4n) is 4.35. The summed E-state index contributed by atoms with van der Waals surface area (Å²) in [6.45, 7) is 4.56. The zero-order chi connectivity index (χ0) is 25.5. The Kier molecular flexibility index (Phi) is 8.52. The van der Waals surface area contributed by atoms with Crippen LogP contribution in [0.3, 0.4) is 0 Å². The summed E-state index contributed by atoms with van der Waals surface area (Å²) in [5.74, 6) is -0.934. The zero-order valence-corrected chi connectivity index (χ0v) is 20.9. The van der Waals surface area contributed by atoms with Crippen LogP contribution in [0.25, 0.3) is 33.2 Å². The van der Waals surface area contributed by atoms with Crippen molar-refractivity contribution in [1.29, 1.82) is 0 Å². The highest BCUT2D eigenvalue weighted by molar-refractivity contribution is 5.86. The molecular formula is C31H32F2O3. The van der Waals surface area contributed by atoms with Gasteiger partial charge in [0, 0.05) is 11.1 Å². The second-order valence-corrected chi connectivity index (χ2v) is 9.27. The minimum atomic E-state index is -0.815. The van der Waals surface area contributed by atoms with Crippen molar-refractivity contribution >= 4 is 10.8 Å². The summed E-state index contributed by atoms with van der Waals surface area (Å²) in [4.78, 5) is 12.7. The van der Waals surface area contributed by atoms with Crippen LogP contribution in [-0.4, -0.2) is 6.61 Å². The summed E-state index contributed by atoms with van der Waals surface area (Å²) >= 11 is 0. The Labute approximate surface area is 210 Å². The fraction of sp³-hybridized carbons (Fsp3) is 0.323. The van der Waals surface area contributed by atoms with Gasteiger partial charge >= 0.3 is 5.63 Å². The van der Waals surface area contributed by atoms with E-state index in [0.717, 1.165) is 30.4 Å². The number of ether oxygens (including phenoxy) is 1. The number of hydrogen-bond acceptors (Lipinski definition) is 3. The molecule has 0 radical (unpaired) electrons. The third-order valence-electron chi connectivity index (χ3n) is 6.45. The molecule has 0 saturated carbocycles. The van der Waals surface area contributed by atoms with E-state index in [4.69, 9.17) is 9.15 Å². The van der Waals surface area contributed by atoms with Crippen LogP contribution in [0.5, 0.6) is 5.75 Å². The van der Waals surface area contributed by atoms with Gasteiger partial charge in [0.15, 0.2) is 11.6 Å². The molecule has 0 N–H and O–H groups in total. The van der Waals surface area contributed by atoms with E-state index in [1.165, 1.54) is 37.8 Å². The van der Waals surface area contributed by atoms with E-state index in [-0.39, 0.29) is 16.9 Å². The van der Waals surface area contributed by atoms with Crippen LogP contribution in [0.15, 0.2) is 69.9 Å². The summed E-state index contributed by atoms with van der Waals surface area (Å²) in [7, 11) is 0. The molecule has 0 saturated heterocycles. The molecule has 0 aliphatic carbocycles. The van der Waals surface area contributed by atoms with Gasteiger partial charge in [-0.25, -0.2) is 13.6 Å². The molecule has 0 bridgehead atoms. The highest BCUT2D eigenvalue weighted by Gasteiger charge is 2.16. The third-order valence-corrected chi connectivity index (χ3v) is 6.45. The van der Waals surface area contributed by atoms with Crippen molar-refractivity contribution in [2.24, 2.45) is 0 Å². The van der Waals surface area contributed by atoms with Gasteiger partial charge in [0.05, 0.1) is 6.61 Å². The molecule has 0 aliphatic rings. The average Bonchev–Trinajstić information content (AvgIpc) is 2.87. The SMILES string of the molecule is CCCCCCCCCOc1ccc2cc(-c3ccc(-c4ccc(C)cc4)c(F)c3)oc(=O)c2c1F. The molecule has 0 aliphatic heterocycles. The Morgan fingerprint density at radius 2 is 1.50 bits per heavy atom. The van der Waals surface area contributed by atoms with Crippen molar-refractivity contribution in [3.8, 4) is 28.2 Å². The van der Waals surface area contributed by atoms with Crippen molar-refractivity contribution in [2.75, 3.05) is 6.61 Å². The van der Waals surface area contributed by atoms with Gasteiger partial charge < -0.3 is 9.15 Å². The summed E-state index contributed by atoms with van der Waals surface area (Å²) in [6, 6.07) is 17.0. The predicted octanol–water partition coefficient (Wildman–Crippen LogP) is 8.84. The second kappa shape index (κ2) is 12.0. The van der Waals surface area contributed by atoms with Gasteiger partial charge in [0.2, 0.25) is 0 Å². The number of hydrogen-bond donors (Lipinski definition) is 0. The molecule has 3 nitrogen and oxygen atoms in total. The first-order valence-electron chi connectivity index (χ1n) is 12.7. The van der Waals surface area contributed by atoms with Crippen molar-refractivity contribution in [3.63, 3.8) is 0 Å². The Morgan fingerprint density at radius 1 is 0.806 bits per heavy atom. The van der Waals surface area contributed by atoms with E-state index in [1.807, 2.05) is 31.2 Å². The molecule has 0 amide bonds. The van der Waals surface area contributed by atoms with Gasteiger partial charge in [0.25, 0.3) is 0 Å². The first-order valence-corrected chi connectivity index (χ1v) is 12.7. The molecule has 0 atom stereocenters. The van der Waals surface area contributed by atoms with Crippen LogP contribution in [0.4, 0.5) is 8.78 Å². The standard InChI is InChI=1S/C31H32F2O3/c1-3-4-5-6-7-8-9-18-35-27-17-15-24-20-28(36-31(34)29(24)30(27)33)23-14-16-25(26(32)19-23)22-12-10-21(2)11-13-22/h10-17,19-20H,3-9,18H2,1-2H3. The lowest BCUT2D eigenvalue weighted by molar-refractivity contribution is 0.291. The van der Waals surface area contributed by atoms with Gasteiger partial charge in [-0.05, 0) is 42.5 Å². The maximum Gasteiger partial charge on any atom is 0.347 e. The lowest BCUT2D eigenvalue weighted by Crippen LogP contribution is -2.06. The number of benzene rings is 3. The van der Waals surface area contributed by atoms with E-state index < -0.39 is 17.3 Å². The molecule has 0 fully saturated rings. The maximum absolute atomic E-state index is 15.1. The van der Waals surface area contributed by atoms with E-state index in [1.54, 1.807) is 24.3 Å². The van der Waals surface area contributed by atoms with E-state index in [9.17, 15) is 9.18 Å². The van der Waals surface area contributed by atoms with E-state index >= 15 is 4.39 Å². The largest absolute Gasteiger partial charge is 0.490 e. The molecule has 36 heavy (non-hydrogen) atoms. The molecule has 3 aromatic carbocycles. The van der Waals surface area contributed by atoms with Crippen LogP contribution in [0.2, 0.25) is 0 Å². The molecule has 1 aromatic heterocycles. The Balaban J connectivity index is 1.49. The molecule has 0 spiro atoms. The lowest BCUT2D eigenvalue weighted by atomic mass is 10.0. The minimum absolute atomic E-state index is 0.0435. The van der Waals surface area contributed by atoms with Crippen LogP contribution >= 0.6 is 0 Å².